The molecule has 4 nitrogen and oxygen atoms in total. The van der Waals surface area contributed by atoms with Crippen molar-refractivity contribution in [3.8, 4) is 0 Å². The molecule has 0 aliphatic carbocycles. The van der Waals surface area contributed by atoms with Crippen molar-refractivity contribution in [1.29, 1.82) is 0 Å². The summed E-state index contributed by atoms with van der Waals surface area (Å²) in [6.07, 6.45) is 32.8. The molecular weight excluding hydrogens is 406 g/mol. The summed E-state index contributed by atoms with van der Waals surface area (Å²) in [5.41, 5.74) is 0. The number of amides is 1. The third-order valence-electron chi connectivity index (χ3n) is 7.26. The molecule has 0 saturated carbocycles. The van der Waals surface area contributed by atoms with Crippen LogP contribution in [0.1, 0.15) is 130 Å². The summed E-state index contributed by atoms with van der Waals surface area (Å²) in [6, 6.07) is 0. The Morgan fingerprint density at radius 2 is 1.39 bits per heavy atom. The number of hydrogen-bond donors (Lipinski definition) is 2. The summed E-state index contributed by atoms with van der Waals surface area (Å²) in [6.45, 7) is 8.93. The fourth-order valence-corrected chi connectivity index (χ4v) is 4.99. The average Bonchev–Trinajstić information content (AvgIpc) is 3.21. The minimum Gasteiger partial charge on any atom is -0.351 e. The standard InChI is InChI=1S/C29H55N3O/c1-4-6-7-8-9-10-11-12-13-14-15-16-17-18-19-20-21-22-23-29-31-25-27-32(29,5-2)26-24-30-28(3)33/h12-13,25,27,29,31H,4-11,14-24,26H2,1-3H3/p+1/b13-12+. The number of nitrogens with zero attached hydrogens (tertiary/aromatic N) is 1. The molecule has 1 rings (SSSR count). The summed E-state index contributed by atoms with van der Waals surface area (Å²) in [5, 5.41) is 6.53. The van der Waals surface area contributed by atoms with Crippen molar-refractivity contribution >= 4 is 5.91 Å². The Hall–Kier alpha value is -1.29. The summed E-state index contributed by atoms with van der Waals surface area (Å²) in [4.78, 5) is 11.2. The highest BCUT2D eigenvalue weighted by molar-refractivity contribution is 5.72. The van der Waals surface area contributed by atoms with E-state index in [0.29, 0.717) is 6.17 Å². The molecule has 2 unspecified atom stereocenters. The van der Waals surface area contributed by atoms with Gasteiger partial charge in [-0.3, -0.25) is 9.28 Å². The van der Waals surface area contributed by atoms with E-state index in [1.165, 1.54) is 109 Å². The Kier molecular flexibility index (Phi) is 18.1. The van der Waals surface area contributed by atoms with E-state index >= 15 is 0 Å². The van der Waals surface area contributed by atoms with Crippen molar-refractivity contribution in [2.24, 2.45) is 0 Å². The van der Waals surface area contributed by atoms with Crippen molar-refractivity contribution in [1.82, 2.24) is 10.6 Å². The molecule has 0 fully saturated rings. The van der Waals surface area contributed by atoms with E-state index in [0.717, 1.165) is 24.1 Å². The predicted octanol–water partition coefficient (Wildman–Crippen LogP) is 7.57. The number of carbonyl (C=O) groups excluding carboxylic acids is 1. The highest BCUT2D eigenvalue weighted by Crippen LogP contribution is 2.23. The number of allylic oxidation sites excluding steroid dienone is 2. The zero-order valence-electron chi connectivity index (χ0n) is 22.4. The summed E-state index contributed by atoms with van der Waals surface area (Å²) < 4.78 is 0.952. The van der Waals surface area contributed by atoms with Gasteiger partial charge in [0, 0.05) is 13.3 Å². The molecule has 0 spiro atoms. The van der Waals surface area contributed by atoms with Crippen molar-refractivity contribution < 1.29 is 9.28 Å². The maximum Gasteiger partial charge on any atom is 0.217 e. The van der Waals surface area contributed by atoms with Crippen molar-refractivity contribution in [3.63, 3.8) is 0 Å². The van der Waals surface area contributed by atoms with E-state index in [2.05, 4.69) is 49.0 Å². The topological polar surface area (TPSA) is 41.1 Å². The Labute approximate surface area is 206 Å². The first-order chi connectivity index (χ1) is 16.1. The van der Waals surface area contributed by atoms with Gasteiger partial charge in [0.2, 0.25) is 5.91 Å². The van der Waals surface area contributed by atoms with Gasteiger partial charge >= 0.3 is 0 Å². The Bertz CT molecular complexity index is 531. The van der Waals surface area contributed by atoms with Crippen LogP contribution in [-0.4, -0.2) is 36.2 Å². The molecular formula is C29H56N3O+. The van der Waals surface area contributed by atoms with Crippen LogP contribution in [0.4, 0.5) is 0 Å². The van der Waals surface area contributed by atoms with E-state index in [1.54, 1.807) is 6.92 Å². The number of likely N-dealkylation sites (N-methyl/N-ethyl adjacent to an activating group) is 1. The second kappa shape index (κ2) is 20.1. The quantitative estimate of drug-likeness (QED) is 0.0989. The fourth-order valence-electron chi connectivity index (χ4n) is 4.99. The highest BCUT2D eigenvalue weighted by Gasteiger charge is 2.36. The third kappa shape index (κ3) is 14.6. The lowest BCUT2D eigenvalue weighted by Gasteiger charge is -2.37. The molecule has 1 amide bonds. The molecule has 0 aromatic carbocycles. The first-order valence-electron chi connectivity index (χ1n) is 14.3. The zero-order chi connectivity index (χ0) is 24.0. The molecule has 2 N–H and O–H groups in total. The number of carbonyl (C=O) groups is 1. The van der Waals surface area contributed by atoms with Crippen molar-refractivity contribution in [2.75, 3.05) is 19.6 Å². The normalized spacial score (nSPS) is 19.9. The Morgan fingerprint density at radius 1 is 0.848 bits per heavy atom. The number of nitrogens with one attached hydrogen (secondary N) is 2. The number of rotatable bonds is 22. The lowest BCUT2D eigenvalue weighted by Crippen LogP contribution is -2.55. The minimum atomic E-state index is 0.0666. The van der Waals surface area contributed by atoms with Gasteiger partial charge in [-0.25, -0.2) is 0 Å². The molecule has 1 aliphatic rings. The molecule has 1 heterocycles. The second-order valence-electron chi connectivity index (χ2n) is 10.1. The van der Waals surface area contributed by atoms with Gasteiger partial charge < -0.3 is 10.6 Å². The smallest absolute Gasteiger partial charge is 0.217 e. The number of quaternary nitrogens is 1. The van der Waals surface area contributed by atoms with Crippen LogP contribution >= 0.6 is 0 Å². The maximum atomic E-state index is 11.2. The van der Waals surface area contributed by atoms with Crippen LogP contribution in [-0.2, 0) is 4.79 Å². The van der Waals surface area contributed by atoms with E-state index < -0.39 is 0 Å². The van der Waals surface area contributed by atoms with Crippen molar-refractivity contribution in [2.45, 2.75) is 136 Å². The largest absolute Gasteiger partial charge is 0.351 e. The maximum absolute atomic E-state index is 11.2. The molecule has 192 valence electrons. The molecule has 0 saturated heterocycles. The molecule has 0 radical (unpaired) electrons. The summed E-state index contributed by atoms with van der Waals surface area (Å²) in [7, 11) is 0. The minimum absolute atomic E-state index is 0.0666. The van der Waals surface area contributed by atoms with Gasteiger partial charge in [-0.15, -0.1) is 0 Å². The lowest BCUT2D eigenvalue weighted by molar-refractivity contribution is -0.898. The van der Waals surface area contributed by atoms with Crippen LogP contribution in [0.2, 0.25) is 0 Å². The second-order valence-corrected chi connectivity index (χ2v) is 10.1. The highest BCUT2D eigenvalue weighted by atomic mass is 16.1. The van der Waals surface area contributed by atoms with Gasteiger partial charge in [0.05, 0.1) is 19.3 Å². The summed E-state index contributed by atoms with van der Waals surface area (Å²) in [5.74, 6) is 0.0666. The van der Waals surface area contributed by atoms with E-state index in [-0.39, 0.29) is 5.91 Å². The summed E-state index contributed by atoms with van der Waals surface area (Å²) >= 11 is 0. The molecule has 1 aliphatic heterocycles. The number of hydrogen-bond acceptors (Lipinski definition) is 2. The molecule has 4 heteroatoms. The first-order valence-corrected chi connectivity index (χ1v) is 14.3. The van der Waals surface area contributed by atoms with Gasteiger partial charge in [0.1, 0.15) is 12.7 Å². The SMILES string of the molecule is CCCCCCCC/C=C/CCCCCCCCCCC1NC=C[N+]1(CC)CCNC(C)=O. The average molecular weight is 463 g/mol. The number of unbranched alkanes of at least 4 members (excludes halogenated alkanes) is 14. The monoisotopic (exact) mass is 462 g/mol. The van der Waals surface area contributed by atoms with Gasteiger partial charge in [0.15, 0.2) is 6.17 Å². The Balaban J connectivity index is 1.93. The van der Waals surface area contributed by atoms with Crippen LogP contribution in [0.3, 0.4) is 0 Å². The van der Waals surface area contributed by atoms with Crippen LogP contribution < -0.4 is 10.6 Å². The van der Waals surface area contributed by atoms with Gasteiger partial charge in [0.25, 0.3) is 0 Å². The van der Waals surface area contributed by atoms with Crippen molar-refractivity contribution in [3.05, 3.63) is 24.6 Å². The van der Waals surface area contributed by atoms with Crippen LogP contribution in [0.25, 0.3) is 0 Å². The van der Waals surface area contributed by atoms with Gasteiger partial charge in [-0.1, -0.05) is 89.7 Å². The van der Waals surface area contributed by atoms with E-state index in [4.69, 9.17) is 0 Å². The molecule has 0 bridgehead atoms. The molecule has 33 heavy (non-hydrogen) atoms. The predicted molar refractivity (Wildman–Crippen MR) is 144 cm³/mol. The van der Waals surface area contributed by atoms with Crippen LogP contribution in [0.5, 0.6) is 0 Å². The molecule has 0 aromatic heterocycles. The lowest BCUT2D eigenvalue weighted by atomic mass is 10.0. The van der Waals surface area contributed by atoms with E-state index in [9.17, 15) is 4.79 Å². The third-order valence-corrected chi connectivity index (χ3v) is 7.26. The first kappa shape index (κ1) is 29.7. The van der Waals surface area contributed by atoms with Crippen LogP contribution in [0.15, 0.2) is 24.6 Å². The molecule has 0 aromatic rings. The van der Waals surface area contributed by atoms with E-state index in [1.807, 2.05) is 0 Å². The van der Waals surface area contributed by atoms with Crippen LogP contribution in [0, 0.1) is 0 Å². The zero-order valence-corrected chi connectivity index (χ0v) is 22.4. The van der Waals surface area contributed by atoms with Gasteiger partial charge in [-0.2, -0.15) is 0 Å². The fraction of sp³-hybridized carbons (Fsp3) is 0.828. The Morgan fingerprint density at radius 3 is 1.94 bits per heavy atom. The molecule has 2 atom stereocenters. The van der Waals surface area contributed by atoms with Gasteiger partial charge in [-0.05, 0) is 39.0 Å².